The molecule has 2 aromatic rings. The minimum absolute atomic E-state index is 0.0856. The Balaban J connectivity index is 1.70. The number of anilines is 1. The molecule has 0 bridgehead atoms. The van der Waals surface area contributed by atoms with Crippen molar-refractivity contribution in [2.24, 2.45) is 0 Å². The molecule has 4 nitrogen and oxygen atoms in total. The summed E-state index contributed by atoms with van der Waals surface area (Å²) in [5.74, 6) is 1.13. The average Bonchev–Trinajstić information content (AvgIpc) is 2.47. The first-order valence-electron chi connectivity index (χ1n) is 6.45. The zero-order valence-corrected chi connectivity index (χ0v) is 11.3. The quantitative estimate of drug-likeness (QED) is 0.863. The molecule has 2 aromatic carbocycles. The normalized spacial score (nSPS) is 17.1. The summed E-state index contributed by atoms with van der Waals surface area (Å²) in [6, 6.07) is 9.43. The number of rotatable bonds is 2. The van der Waals surface area contributed by atoms with Crippen LogP contribution in [0.4, 0.5) is 18.9 Å². The van der Waals surface area contributed by atoms with Crippen molar-refractivity contribution in [3.8, 4) is 17.2 Å². The summed E-state index contributed by atoms with van der Waals surface area (Å²) >= 11 is 0. The van der Waals surface area contributed by atoms with Gasteiger partial charge in [-0.05, 0) is 36.4 Å². The van der Waals surface area contributed by atoms with Crippen LogP contribution in [-0.4, -0.2) is 12.9 Å². The van der Waals surface area contributed by atoms with E-state index in [1.54, 1.807) is 18.2 Å². The molecule has 1 aliphatic rings. The molecule has 0 aromatic heterocycles. The van der Waals surface area contributed by atoms with Crippen LogP contribution in [0.1, 0.15) is 5.56 Å². The van der Waals surface area contributed by atoms with E-state index in [-0.39, 0.29) is 12.4 Å². The standard InChI is InChI=1S/C15H12F3NO3/c16-15(17,18)9-4-6-10(7-5-9)21-13-8-20-14-11(19)2-1-3-12(14)22-13/h1-7,13H,8,19H2. The summed E-state index contributed by atoms with van der Waals surface area (Å²) < 4.78 is 53.9. The Bertz CT molecular complexity index is 671. The number of alkyl halides is 3. The second kappa shape index (κ2) is 5.32. The summed E-state index contributed by atoms with van der Waals surface area (Å²) in [6.07, 6.45) is -5.13. The minimum Gasteiger partial charge on any atom is -0.480 e. The first-order chi connectivity index (χ1) is 10.4. The Morgan fingerprint density at radius 2 is 1.82 bits per heavy atom. The fourth-order valence-corrected chi connectivity index (χ4v) is 2.04. The molecule has 0 aliphatic carbocycles. The zero-order valence-electron chi connectivity index (χ0n) is 11.3. The van der Waals surface area contributed by atoms with E-state index in [9.17, 15) is 13.2 Å². The maximum absolute atomic E-state index is 12.5. The Labute approximate surface area is 124 Å². The van der Waals surface area contributed by atoms with Crippen LogP contribution < -0.4 is 19.9 Å². The highest BCUT2D eigenvalue weighted by Crippen LogP contribution is 2.37. The van der Waals surface area contributed by atoms with Crippen LogP contribution in [0.2, 0.25) is 0 Å². The number of benzene rings is 2. The van der Waals surface area contributed by atoms with Crippen molar-refractivity contribution in [1.82, 2.24) is 0 Å². The monoisotopic (exact) mass is 311 g/mol. The Morgan fingerprint density at radius 3 is 2.50 bits per heavy atom. The van der Waals surface area contributed by atoms with E-state index in [1.807, 2.05) is 0 Å². The Hall–Kier alpha value is -2.57. The van der Waals surface area contributed by atoms with Gasteiger partial charge in [0.15, 0.2) is 18.1 Å². The summed E-state index contributed by atoms with van der Waals surface area (Å²) in [6.45, 7) is 0.0856. The smallest absolute Gasteiger partial charge is 0.416 e. The van der Waals surface area contributed by atoms with Gasteiger partial charge in [-0.1, -0.05) is 6.07 Å². The highest BCUT2D eigenvalue weighted by atomic mass is 19.4. The number of nitrogens with two attached hydrogens (primary N) is 1. The van der Waals surface area contributed by atoms with Crippen molar-refractivity contribution >= 4 is 5.69 Å². The largest absolute Gasteiger partial charge is 0.480 e. The van der Waals surface area contributed by atoms with Gasteiger partial charge in [0.1, 0.15) is 5.75 Å². The molecular formula is C15H12F3NO3. The van der Waals surface area contributed by atoms with Gasteiger partial charge in [-0.25, -0.2) is 0 Å². The first-order valence-corrected chi connectivity index (χ1v) is 6.45. The van der Waals surface area contributed by atoms with Crippen LogP contribution >= 0.6 is 0 Å². The van der Waals surface area contributed by atoms with Gasteiger partial charge in [0.2, 0.25) is 0 Å². The van der Waals surface area contributed by atoms with Crippen LogP contribution in [0, 0.1) is 0 Å². The van der Waals surface area contributed by atoms with Crippen LogP contribution in [0.5, 0.6) is 17.2 Å². The molecule has 7 heteroatoms. The molecule has 0 spiro atoms. The Kier molecular flexibility index (Phi) is 3.48. The molecule has 1 unspecified atom stereocenters. The van der Waals surface area contributed by atoms with E-state index in [1.165, 1.54) is 12.1 Å². The molecule has 116 valence electrons. The summed E-state index contributed by atoms with van der Waals surface area (Å²) in [5.41, 5.74) is 5.46. The summed E-state index contributed by atoms with van der Waals surface area (Å²) in [7, 11) is 0. The Morgan fingerprint density at radius 1 is 1.09 bits per heavy atom. The number of para-hydroxylation sites is 1. The lowest BCUT2D eigenvalue weighted by Gasteiger charge is -2.27. The van der Waals surface area contributed by atoms with Gasteiger partial charge >= 0.3 is 6.18 Å². The van der Waals surface area contributed by atoms with Gasteiger partial charge in [0.25, 0.3) is 6.29 Å². The molecule has 0 saturated heterocycles. The molecule has 22 heavy (non-hydrogen) atoms. The van der Waals surface area contributed by atoms with Crippen molar-refractivity contribution in [1.29, 1.82) is 0 Å². The lowest BCUT2D eigenvalue weighted by atomic mass is 10.2. The van der Waals surface area contributed by atoms with Gasteiger partial charge < -0.3 is 19.9 Å². The van der Waals surface area contributed by atoms with Crippen LogP contribution in [0.3, 0.4) is 0 Å². The topological polar surface area (TPSA) is 53.7 Å². The van der Waals surface area contributed by atoms with E-state index in [0.717, 1.165) is 12.1 Å². The van der Waals surface area contributed by atoms with Crippen LogP contribution in [-0.2, 0) is 6.18 Å². The predicted octanol–water partition coefficient (Wildman–Crippen LogP) is 3.46. The van der Waals surface area contributed by atoms with Crippen LogP contribution in [0.25, 0.3) is 0 Å². The molecule has 2 N–H and O–H groups in total. The van der Waals surface area contributed by atoms with Crippen molar-refractivity contribution in [2.45, 2.75) is 12.5 Å². The molecule has 1 aliphatic heterocycles. The fraction of sp³-hybridized carbons (Fsp3) is 0.200. The number of ether oxygens (including phenoxy) is 3. The number of halogens is 3. The van der Waals surface area contributed by atoms with Gasteiger partial charge in [-0.15, -0.1) is 0 Å². The SMILES string of the molecule is Nc1cccc2c1OCC(Oc1ccc(C(F)(F)F)cc1)O2. The van der Waals surface area contributed by atoms with Gasteiger partial charge in [0.05, 0.1) is 11.3 Å². The second-order valence-corrected chi connectivity index (χ2v) is 4.67. The molecule has 1 atom stereocenters. The molecule has 0 fully saturated rings. The number of nitrogen functional groups attached to an aromatic ring is 1. The first kappa shape index (κ1) is 14.4. The van der Waals surface area contributed by atoms with Gasteiger partial charge in [-0.2, -0.15) is 13.2 Å². The third-order valence-corrected chi connectivity index (χ3v) is 3.08. The fourth-order valence-electron chi connectivity index (χ4n) is 2.04. The lowest BCUT2D eigenvalue weighted by molar-refractivity contribution is -0.137. The highest BCUT2D eigenvalue weighted by Gasteiger charge is 2.30. The van der Waals surface area contributed by atoms with E-state index in [0.29, 0.717) is 17.2 Å². The summed E-state index contributed by atoms with van der Waals surface area (Å²) in [4.78, 5) is 0. The maximum Gasteiger partial charge on any atom is 0.416 e. The van der Waals surface area contributed by atoms with Gasteiger partial charge in [0, 0.05) is 0 Å². The molecule has 3 rings (SSSR count). The van der Waals surface area contributed by atoms with Crippen molar-refractivity contribution in [3.63, 3.8) is 0 Å². The molecule has 0 amide bonds. The van der Waals surface area contributed by atoms with Crippen molar-refractivity contribution < 1.29 is 27.4 Å². The van der Waals surface area contributed by atoms with Gasteiger partial charge in [-0.3, -0.25) is 0 Å². The molecular weight excluding hydrogens is 299 g/mol. The van der Waals surface area contributed by atoms with E-state index in [4.69, 9.17) is 19.9 Å². The van der Waals surface area contributed by atoms with Crippen LogP contribution in [0.15, 0.2) is 42.5 Å². The number of hydrogen-bond donors (Lipinski definition) is 1. The summed E-state index contributed by atoms with van der Waals surface area (Å²) in [5, 5.41) is 0. The van der Waals surface area contributed by atoms with Crippen molar-refractivity contribution in [2.75, 3.05) is 12.3 Å². The highest BCUT2D eigenvalue weighted by molar-refractivity contribution is 5.60. The third kappa shape index (κ3) is 2.88. The third-order valence-electron chi connectivity index (χ3n) is 3.08. The van der Waals surface area contributed by atoms with E-state index >= 15 is 0 Å². The van der Waals surface area contributed by atoms with Crippen molar-refractivity contribution in [3.05, 3.63) is 48.0 Å². The molecule has 1 heterocycles. The number of fused-ring (bicyclic) bond motifs is 1. The second-order valence-electron chi connectivity index (χ2n) is 4.67. The number of hydrogen-bond acceptors (Lipinski definition) is 4. The average molecular weight is 311 g/mol. The minimum atomic E-state index is -4.38. The van der Waals surface area contributed by atoms with E-state index < -0.39 is 18.0 Å². The molecule has 0 saturated carbocycles. The predicted molar refractivity (Wildman–Crippen MR) is 72.8 cm³/mol. The maximum atomic E-state index is 12.5. The van der Waals surface area contributed by atoms with E-state index in [2.05, 4.69) is 0 Å². The molecule has 0 radical (unpaired) electrons. The zero-order chi connectivity index (χ0) is 15.7. The lowest BCUT2D eigenvalue weighted by Crippen LogP contribution is -2.34.